The van der Waals surface area contributed by atoms with E-state index in [2.05, 4.69) is 68.3 Å². The fraction of sp³-hybridized carbons (Fsp3) is 0.385. The summed E-state index contributed by atoms with van der Waals surface area (Å²) in [6.07, 6.45) is 1.78. The average Bonchev–Trinajstić information content (AvgIpc) is 2.77. The second-order valence-electron chi connectivity index (χ2n) is 5.34. The summed E-state index contributed by atoms with van der Waals surface area (Å²) in [6, 6.07) is 5.99. The predicted molar refractivity (Wildman–Crippen MR) is 83.4 cm³/mol. The molecule has 0 atom stereocenters. The Morgan fingerprint density at radius 1 is 1.26 bits per heavy atom. The fourth-order valence-corrected chi connectivity index (χ4v) is 2.35. The van der Waals surface area contributed by atoms with Gasteiger partial charge in [0.25, 0.3) is 0 Å². The summed E-state index contributed by atoms with van der Waals surface area (Å²) >= 11 is 7.03. The molecule has 0 aliphatic carbocycles. The molecule has 0 amide bonds. The molecular formula is C13H16Br2N4. The van der Waals surface area contributed by atoms with Crippen molar-refractivity contribution in [3.8, 4) is 5.69 Å². The molecule has 0 bridgehead atoms. The normalized spacial score (nSPS) is 11.8. The van der Waals surface area contributed by atoms with Crippen molar-refractivity contribution < 1.29 is 0 Å². The standard InChI is InChI=1S/C13H16Br2N4/c1-13(2,3)16-7-10-8-17-18-19(10)12-6-9(14)4-5-11(12)15/h4-6,8,16H,7H2,1-3H3. The monoisotopic (exact) mass is 386 g/mol. The number of rotatable bonds is 3. The molecule has 1 heterocycles. The van der Waals surface area contributed by atoms with Crippen molar-refractivity contribution >= 4 is 31.9 Å². The van der Waals surface area contributed by atoms with E-state index in [1.54, 1.807) is 6.20 Å². The van der Waals surface area contributed by atoms with Crippen LogP contribution in [0.3, 0.4) is 0 Å². The molecule has 0 aliphatic heterocycles. The van der Waals surface area contributed by atoms with Crippen molar-refractivity contribution in [3.63, 3.8) is 0 Å². The molecule has 2 aromatic rings. The number of aromatic nitrogens is 3. The van der Waals surface area contributed by atoms with Gasteiger partial charge in [0.2, 0.25) is 0 Å². The summed E-state index contributed by atoms with van der Waals surface area (Å²) in [5.74, 6) is 0. The van der Waals surface area contributed by atoms with Crippen molar-refractivity contribution in [1.82, 2.24) is 20.3 Å². The van der Waals surface area contributed by atoms with Crippen LogP contribution in [-0.4, -0.2) is 20.5 Å². The molecule has 1 aromatic carbocycles. The summed E-state index contributed by atoms with van der Waals surface area (Å²) in [5.41, 5.74) is 2.05. The molecule has 1 N–H and O–H groups in total. The van der Waals surface area contributed by atoms with E-state index in [4.69, 9.17) is 0 Å². The van der Waals surface area contributed by atoms with Gasteiger partial charge in [0.15, 0.2) is 0 Å². The maximum absolute atomic E-state index is 4.16. The number of halogens is 2. The van der Waals surface area contributed by atoms with E-state index in [9.17, 15) is 0 Å². The summed E-state index contributed by atoms with van der Waals surface area (Å²) < 4.78 is 3.84. The van der Waals surface area contributed by atoms with Crippen LogP contribution in [0.5, 0.6) is 0 Å². The van der Waals surface area contributed by atoms with Gasteiger partial charge in [-0.2, -0.15) is 0 Å². The zero-order chi connectivity index (χ0) is 14.0. The number of nitrogens with one attached hydrogen (secondary N) is 1. The molecular weight excluding hydrogens is 372 g/mol. The quantitative estimate of drug-likeness (QED) is 0.873. The lowest BCUT2D eigenvalue weighted by atomic mass is 10.1. The number of hydrogen-bond donors (Lipinski definition) is 1. The minimum atomic E-state index is 0.0591. The van der Waals surface area contributed by atoms with Gasteiger partial charge in [-0.25, -0.2) is 4.68 Å². The highest BCUT2D eigenvalue weighted by atomic mass is 79.9. The third kappa shape index (κ3) is 3.87. The third-order valence-corrected chi connectivity index (χ3v) is 3.72. The Kier molecular flexibility index (Phi) is 4.43. The smallest absolute Gasteiger partial charge is 0.0820 e. The molecule has 0 saturated heterocycles. The zero-order valence-corrected chi connectivity index (χ0v) is 14.3. The van der Waals surface area contributed by atoms with Crippen LogP contribution in [0.2, 0.25) is 0 Å². The predicted octanol–water partition coefficient (Wildman–Crippen LogP) is 3.68. The van der Waals surface area contributed by atoms with Gasteiger partial charge in [-0.15, -0.1) is 5.10 Å². The summed E-state index contributed by atoms with van der Waals surface area (Å²) in [7, 11) is 0. The highest BCUT2D eigenvalue weighted by Crippen LogP contribution is 2.25. The van der Waals surface area contributed by atoms with Gasteiger partial charge in [-0.3, -0.25) is 0 Å². The largest absolute Gasteiger partial charge is 0.306 e. The molecule has 1 aromatic heterocycles. The van der Waals surface area contributed by atoms with E-state index in [-0.39, 0.29) is 5.54 Å². The summed E-state index contributed by atoms with van der Waals surface area (Å²) in [6.45, 7) is 7.12. The van der Waals surface area contributed by atoms with Crippen molar-refractivity contribution in [1.29, 1.82) is 0 Å². The van der Waals surface area contributed by atoms with E-state index < -0.39 is 0 Å². The van der Waals surface area contributed by atoms with Crippen LogP contribution < -0.4 is 5.32 Å². The van der Waals surface area contributed by atoms with E-state index in [0.717, 1.165) is 26.9 Å². The molecule has 0 aliphatic rings. The lowest BCUT2D eigenvalue weighted by Gasteiger charge is -2.20. The van der Waals surface area contributed by atoms with Gasteiger partial charge in [0, 0.05) is 21.0 Å². The van der Waals surface area contributed by atoms with Gasteiger partial charge in [-0.1, -0.05) is 21.1 Å². The first-order chi connectivity index (χ1) is 8.87. The van der Waals surface area contributed by atoms with Gasteiger partial charge in [0.05, 0.1) is 17.6 Å². The Morgan fingerprint density at radius 2 is 2.00 bits per heavy atom. The molecule has 6 heteroatoms. The van der Waals surface area contributed by atoms with Crippen LogP contribution in [0.1, 0.15) is 26.5 Å². The highest BCUT2D eigenvalue weighted by Gasteiger charge is 2.13. The molecule has 4 nitrogen and oxygen atoms in total. The van der Waals surface area contributed by atoms with Crippen LogP contribution >= 0.6 is 31.9 Å². The van der Waals surface area contributed by atoms with E-state index in [1.165, 1.54) is 0 Å². The van der Waals surface area contributed by atoms with Crippen LogP contribution in [0.15, 0.2) is 33.3 Å². The van der Waals surface area contributed by atoms with E-state index in [0.29, 0.717) is 0 Å². The molecule has 0 fully saturated rings. The second-order valence-corrected chi connectivity index (χ2v) is 7.11. The lowest BCUT2D eigenvalue weighted by Crippen LogP contribution is -2.35. The number of benzene rings is 1. The average molecular weight is 388 g/mol. The molecule has 0 radical (unpaired) electrons. The zero-order valence-electron chi connectivity index (χ0n) is 11.1. The van der Waals surface area contributed by atoms with Crippen molar-refractivity contribution in [2.45, 2.75) is 32.9 Å². The minimum Gasteiger partial charge on any atom is -0.306 e. The maximum Gasteiger partial charge on any atom is 0.0820 e. The third-order valence-electron chi connectivity index (χ3n) is 2.56. The van der Waals surface area contributed by atoms with Crippen molar-refractivity contribution in [2.75, 3.05) is 0 Å². The Labute approximate surface area is 129 Å². The van der Waals surface area contributed by atoms with Crippen LogP contribution in [0, 0.1) is 0 Å². The van der Waals surface area contributed by atoms with Crippen LogP contribution in [-0.2, 0) is 6.54 Å². The van der Waals surface area contributed by atoms with E-state index >= 15 is 0 Å². The first-order valence-corrected chi connectivity index (χ1v) is 7.55. The molecule has 0 spiro atoms. The first kappa shape index (κ1) is 14.7. The van der Waals surface area contributed by atoms with Crippen LogP contribution in [0.4, 0.5) is 0 Å². The maximum atomic E-state index is 4.16. The fourth-order valence-electron chi connectivity index (χ4n) is 1.58. The Morgan fingerprint density at radius 3 is 2.68 bits per heavy atom. The first-order valence-electron chi connectivity index (χ1n) is 5.97. The summed E-state index contributed by atoms with van der Waals surface area (Å²) in [4.78, 5) is 0. The SMILES string of the molecule is CC(C)(C)NCc1cnnn1-c1cc(Br)ccc1Br. The van der Waals surface area contributed by atoms with Crippen molar-refractivity contribution in [3.05, 3.63) is 39.0 Å². The van der Waals surface area contributed by atoms with Gasteiger partial charge < -0.3 is 5.32 Å². The lowest BCUT2D eigenvalue weighted by molar-refractivity contribution is 0.418. The minimum absolute atomic E-state index is 0.0591. The number of hydrogen-bond acceptors (Lipinski definition) is 3. The Balaban J connectivity index is 2.31. The molecule has 0 unspecified atom stereocenters. The molecule has 0 saturated carbocycles. The second kappa shape index (κ2) is 5.73. The molecule has 102 valence electrons. The topological polar surface area (TPSA) is 42.7 Å². The Hall–Kier alpha value is -0.720. The van der Waals surface area contributed by atoms with Gasteiger partial charge in [-0.05, 0) is 54.9 Å². The van der Waals surface area contributed by atoms with E-state index in [1.807, 2.05) is 22.9 Å². The van der Waals surface area contributed by atoms with Crippen molar-refractivity contribution in [2.24, 2.45) is 0 Å². The molecule has 19 heavy (non-hydrogen) atoms. The summed E-state index contributed by atoms with van der Waals surface area (Å²) in [5, 5.41) is 11.6. The number of nitrogens with zero attached hydrogens (tertiary/aromatic N) is 3. The van der Waals surface area contributed by atoms with Gasteiger partial charge in [0.1, 0.15) is 0 Å². The molecule has 2 rings (SSSR count). The van der Waals surface area contributed by atoms with Gasteiger partial charge >= 0.3 is 0 Å². The highest BCUT2D eigenvalue weighted by molar-refractivity contribution is 9.11. The Bertz CT molecular complexity index is 572. The van der Waals surface area contributed by atoms with Crippen LogP contribution in [0.25, 0.3) is 5.69 Å².